The number of nitrogens with zero attached hydrogens (tertiary/aromatic N) is 1. The van der Waals surface area contributed by atoms with E-state index in [2.05, 4.69) is 0 Å². The lowest BCUT2D eigenvalue weighted by molar-refractivity contribution is 0.0125. The lowest BCUT2D eigenvalue weighted by Crippen LogP contribution is -2.27. The highest BCUT2D eigenvalue weighted by atomic mass is 32.3. The fraction of sp³-hybridized carbons (Fsp3) is 0.235. The highest BCUT2D eigenvalue weighted by Crippen LogP contribution is 2.44. The minimum absolute atomic E-state index is 0.00230. The number of hydrogen-bond donors (Lipinski definition) is 2. The van der Waals surface area contributed by atoms with E-state index < -0.39 is 40.7 Å². The van der Waals surface area contributed by atoms with Crippen LogP contribution in [0.5, 0.6) is 11.5 Å². The van der Waals surface area contributed by atoms with Crippen molar-refractivity contribution in [3.8, 4) is 17.6 Å². The SMILES string of the molecule is N#Cc1cc(F)cc(Oc2ccc([SH](N)(=O)CF)c3c2CC(F)(F)C3)c1. The first kappa shape index (κ1) is 18.4. The van der Waals surface area contributed by atoms with Crippen molar-refractivity contribution in [2.75, 3.05) is 6.01 Å². The Kier molecular flexibility index (Phi) is 4.50. The van der Waals surface area contributed by atoms with E-state index in [0.717, 1.165) is 12.1 Å². The molecule has 0 bridgehead atoms. The van der Waals surface area contributed by atoms with E-state index in [1.165, 1.54) is 18.2 Å². The molecular weight excluding hydrogens is 372 g/mol. The first-order chi connectivity index (χ1) is 12.1. The van der Waals surface area contributed by atoms with Crippen molar-refractivity contribution < 1.29 is 26.5 Å². The number of thiol groups is 1. The number of rotatable bonds is 4. The lowest BCUT2D eigenvalue weighted by Gasteiger charge is -2.20. The molecule has 0 fully saturated rings. The first-order valence-corrected chi connectivity index (χ1v) is 9.46. The van der Waals surface area contributed by atoms with Crippen LogP contribution >= 0.6 is 0 Å². The van der Waals surface area contributed by atoms with Crippen LogP contribution in [0.3, 0.4) is 0 Å². The van der Waals surface area contributed by atoms with E-state index in [9.17, 15) is 21.8 Å². The zero-order valence-corrected chi connectivity index (χ0v) is 14.2. The van der Waals surface area contributed by atoms with E-state index in [-0.39, 0.29) is 33.1 Å². The normalized spacial score (nSPS) is 16.0. The summed E-state index contributed by atoms with van der Waals surface area (Å²) in [4.78, 5) is -0.142. The fourth-order valence-electron chi connectivity index (χ4n) is 2.96. The van der Waals surface area contributed by atoms with Gasteiger partial charge in [0.15, 0.2) is 6.01 Å². The van der Waals surface area contributed by atoms with Crippen LogP contribution in [-0.2, 0) is 23.0 Å². The molecule has 0 radical (unpaired) electrons. The Morgan fingerprint density at radius 3 is 2.58 bits per heavy atom. The predicted octanol–water partition coefficient (Wildman–Crippen LogP) is 3.40. The van der Waals surface area contributed by atoms with Crippen LogP contribution in [0.2, 0.25) is 0 Å². The van der Waals surface area contributed by atoms with Gasteiger partial charge in [0.1, 0.15) is 17.3 Å². The van der Waals surface area contributed by atoms with E-state index in [4.69, 9.17) is 15.1 Å². The van der Waals surface area contributed by atoms with Gasteiger partial charge in [-0.15, -0.1) is 0 Å². The van der Waals surface area contributed by atoms with Crippen molar-refractivity contribution in [2.24, 2.45) is 5.14 Å². The zero-order chi connectivity index (χ0) is 19.1. The topological polar surface area (TPSA) is 76.1 Å². The van der Waals surface area contributed by atoms with Gasteiger partial charge in [0.25, 0.3) is 5.92 Å². The zero-order valence-electron chi connectivity index (χ0n) is 13.3. The van der Waals surface area contributed by atoms with Gasteiger partial charge in [-0.25, -0.2) is 17.6 Å². The summed E-state index contributed by atoms with van der Waals surface area (Å²) in [6.45, 7) is 0. The van der Waals surface area contributed by atoms with Crippen LogP contribution in [0.4, 0.5) is 17.6 Å². The maximum atomic E-state index is 13.9. The molecule has 2 N–H and O–H groups in total. The minimum Gasteiger partial charge on any atom is -0.457 e. The van der Waals surface area contributed by atoms with Crippen molar-refractivity contribution in [3.05, 3.63) is 52.8 Å². The van der Waals surface area contributed by atoms with E-state index in [0.29, 0.717) is 0 Å². The molecule has 0 aromatic heterocycles. The minimum atomic E-state index is -3.90. The summed E-state index contributed by atoms with van der Waals surface area (Å²) >= 11 is 0. The Hall–Kier alpha value is -2.44. The number of nitriles is 1. The molecule has 0 saturated heterocycles. The Labute approximate surface area is 147 Å². The van der Waals surface area contributed by atoms with E-state index in [1.54, 1.807) is 6.07 Å². The van der Waals surface area contributed by atoms with Gasteiger partial charge in [-0.2, -0.15) is 5.26 Å². The Balaban J connectivity index is 2.08. The molecule has 1 aliphatic carbocycles. The highest BCUT2D eigenvalue weighted by Gasteiger charge is 2.42. The number of halogens is 4. The summed E-state index contributed by atoms with van der Waals surface area (Å²) in [6.07, 6.45) is -1.43. The largest absolute Gasteiger partial charge is 0.457 e. The summed E-state index contributed by atoms with van der Waals surface area (Å²) in [6, 6.07) is 6.12. The second-order valence-electron chi connectivity index (χ2n) is 6.05. The number of hydrogen-bond acceptors (Lipinski definition) is 3. The van der Waals surface area contributed by atoms with Crippen molar-refractivity contribution in [1.29, 1.82) is 5.26 Å². The van der Waals surface area contributed by atoms with E-state index >= 15 is 0 Å². The van der Waals surface area contributed by atoms with Gasteiger partial charge < -0.3 is 4.74 Å². The van der Waals surface area contributed by atoms with Crippen molar-refractivity contribution in [3.63, 3.8) is 0 Å². The average molecular weight is 386 g/mol. The monoisotopic (exact) mass is 386 g/mol. The number of nitrogens with two attached hydrogens (primary N) is 1. The third kappa shape index (κ3) is 3.43. The molecule has 0 aliphatic heterocycles. The van der Waals surface area contributed by atoms with Gasteiger partial charge in [0.05, 0.1) is 11.6 Å². The maximum Gasteiger partial charge on any atom is 0.256 e. The van der Waals surface area contributed by atoms with Crippen molar-refractivity contribution >= 4 is 10.1 Å². The van der Waals surface area contributed by atoms with Crippen molar-refractivity contribution in [2.45, 2.75) is 23.7 Å². The number of ether oxygens (including phenoxy) is 1. The van der Waals surface area contributed by atoms with E-state index in [1.807, 2.05) is 0 Å². The summed E-state index contributed by atoms with van der Waals surface area (Å²) in [5, 5.41) is 14.3. The fourth-order valence-corrected chi connectivity index (χ4v) is 4.08. The molecule has 0 amide bonds. The molecule has 0 unspecified atom stereocenters. The number of benzene rings is 2. The summed E-state index contributed by atoms with van der Waals surface area (Å²) < 4.78 is 72.1. The smallest absolute Gasteiger partial charge is 0.256 e. The average Bonchev–Trinajstić information content (AvgIpc) is 2.89. The quantitative estimate of drug-likeness (QED) is 0.625. The molecule has 0 saturated carbocycles. The van der Waals surface area contributed by atoms with Gasteiger partial charge >= 0.3 is 0 Å². The molecule has 0 spiro atoms. The third-order valence-corrected chi connectivity index (χ3v) is 5.64. The molecule has 2 aromatic rings. The van der Waals surface area contributed by atoms with Crippen molar-refractivity contribution in [1.82, 2.24) is 0 Å². The van der Waals surface area contributed by atoms with Crippen LogP contribution < -0.4 is 9.88 Å². The molecule has 0 heterocycles. The number of alkyl halides is 3. The predicted molar refractivity (Wildman–Crippen MR) is 88.0 cm³/mol. The molecule has 2 aromatic carbocycles. The Morgan fingerprint density at radius 2 is 1.92 bits per heavy atom. The van der Waals surface area contributed by atoms with Gasteiger partial charge in [-0.05, 0) is 39.9 Å². The van der Waals surface area contributed by atoms with Gasteiger partial charge in [0, 0.05) is 29.4 Å². The second-order valence-corrected chi connectivity index (χ2v) is 8.37. The second kappa shape index (κ2) is 6.37. The molecule has 138 valence electrons. The number of fused-ring (bicyclic) bond motifs is 1. The standard InChI is InChI=1S/C17H14F4N2O2S/c18-9-26(23,24)16-2-1-15(13-6-17(20,21)7-14(13)16)25-12-4-10(8-22)3-11(19)5-12/h1-5,26H,6-7,9H2,(H2,23,24). The summed E-state index contributed by atoms with van der Waals surface area (Å²) in [7, 11) is -3.90. The molecule has 3 rings (SSSR count). The Bertz CT molecular complexity index is 972. The van der Waals surface area contributed by atoms with Gasteiger partial charge in [-0.1, -0.05) is 0 Å². The third-order valence-electron chi connectivity index (χ3n) is 4.05. The van der Waals surface area contributed by atoms with Gasteiger partial charge in [0.2, 0.25) is 0 Å². The molecule has 4 nitrogen and oxygen atoms in total. The highest BCUT2D eigenvalue weighted by molar-refractivity contribution is 8.00. The lowest BCUT2D eigenvalue weighted by atomic mass is 10.1. The summed E-state index contributed by atoms with van der Waals surface area (Å²) in [5.74, 6) is -3.89. The van der Waals surface area contributed by atoms with Gasteiger partial charge in [-0.3, -0.25) is 9.35 Å². The summed E-state index contributed by atoms with van der Waals surface area (Å²) in [5.41, 5.74) is 0.0461. The Morgan fingerprint density at radius 1 is 1.23 bits per heavy atom. The van der Waals surface area contributed by atoms with Crippen LogP contribution in [0, 0.1) is 17.1 Å². The molecule has 9 heteroatoms. The van der Waals surface area contributed by atoms with Crippen LogP contribution in [0.25, 0.3) is 0 Å². The molecule has 26 heavy (non-hydrogen) atoms. The molecule has 0 atom stereocenters. The molecular formula is C17H14F4N2O2S. The first-order valence-electron chi connectivity index (χ1n) is 7.50. The van der Waals surface area contributed by atoms with Crippen LogP contribution in [0.1, 0.15) is 16.7 Å². The van der Waals surface area contributed by atoms with Crippen LogP contribution in [-0.4, -0.2) is 16.1 Å². The maximum absolute atomic E-state index is 13.9. The molecule has 1 aliphatic rings. The van der Waals surface area contributed by atoms with Crippen LogP contribution in [0.15, 0.2) is 35.2 Å².